The van der Waals surface area contributed by atoms with E-state index in [1.165, 1.54) is 0 Å². The summed E-state index contributed by atoms with van der Waals surface area (Å²) in [5, 5.41) is 12.6. The summed E-state index contributed by atoms with van der Waals surface area (Å²) < 4.78 is 1.96. The molecule has 0 saturated heterocycles. The van der Waals surface area contributed by atoms with Crippen molar-refractivity contribution in [2.45, 2.75) is 25.3 Å². The molecule has 0 radical (unpaired) electrons. The Bertz CT molecular complexity index is 632. The fraction of sp³-hybridized carbons (Fsp3) is 0.353. The predicted octanol–water partition coefficient (Wildman–Crippen LogP) is 2.37. The molecule has 110 valence electrons. The maximum Gasteiger partial charge on any atom is 0.251 e. The van der Waals surface area contributed by atoms with E-state index in [-0.39, 0.29) is 12.5 Å². The van der Waals surface area contributed by atoms with Gasteiger partial charge in [0.2, 0.25) is 0 Å². The van der Waals surface area contributed by atoms with E-state index in [9.17, 15) is 9.90 Å². The van der Waals surface area contributed by atoms with Crippen LogP contribution in [0.4, 0.5) is 0 Å². The smallest absolute Gasteiger partial charge is 0.251 e. The number of aliphatic hydroxyl groups is 1. The lowest BCUT2D eigenvalue weighted by atomic mass is 9.96. The van der Waals surface area contributed by atoms with Crippen LogP contribution in [0, 0.1) is 5.92 Å². The van der Waals surface area contributed by atoms with Crippen molar-refractivity contribution in [3.63, 3.8) is 0 Å². The zero-order valence-corrected chi connectivity index (χ0v) is 12.1. The van der Waals surface area contributed by atoms with Gasteiger partial charge in [0.05, 0.1) is 12.1 Å². The molecule has 1 heterocycles. The Morgan fingerprint density at radius 2 is 2.05 bits per heavy atom. The van der Waals surface area contributed by atoms with Crippen LogP contribution in [0.25, 0.3) is 5.69 Å². The fourth-order valence-corrected chi connectivity index (χ4v) is 2.64. The van der Waals surface area contributed by atoms with Crippen molar-refractivity contribution in [3.05, 3.63) is 54.4 Å². The molecule has 21 heavy (non-hydrogen) atoms. The number of hydrogen-bond acceptors (Lipinski definition) is 2. The summed E-state index contributed by atoms with van der Waals surface area (Å²) in [5.41, 5.74) is 1.05. The van der Waals surface area contributed by atoms with Gasteiger partial charge in [0.25, 0.3) is 5.91 Å². The number of hydrogen-bond donors (Lipinski definition) is 2. The average molecular weight is 284 g/mol. The maximum absolute atomic E-state index is 12.4. The minimum Gasteiger partial charge on any atom is -0.394 e. The van der Waals surface area contributed by atoms with Crippen molar-refractivity contribution >= 4 is 5.91 Å². The lowest BCUT2D eigenvalue weighted by Crippen LogP contribution is -2.50. The lowest BCUT2D eigenvalue weighted by molar-refractivity contribution is 0.0824. The van der Waals surface area contributed by atoms with E-state index in [1.54, 1.807) is 6.07 Å². The van der Waals surface area contributed by atoms with Gasteiger partial charge in [-0.3, -0.25) is 4.79 Å². The normalized spacial score (nSPS) is 17.2. The summed E-state index contributed by atoms with van der Waals surface area (Å²) >= 11 is 0. The second kappa shape index (κ2) is 5.37. The second-order valence-electron chi connectivity index (χ2n) is 5.94. The number of rotatable bonds is 5. The van der Waals surface area contributed by atoms with Crippen LogP contribution in [0.15, 0.2) is 48.8 Å². The number of aliphatic hydroxyl groups excluding tert-OH is 1. The average Bonchev–Trinajstić information content (AvgIpc) is 3.23. The molecular weight excluding hydrogens is 264 g/mol. The van der Waals surface area contributed by atoms with Gasteiger partial charge in [-0.15, -0.1) is 0 Å². The molecule has 1 fully saturated rings. The van der Waals surface area contributed by atoms with E-state index in [2.05, 4.69) is 5.32 Å². The van der Waals surface area contributed by atoms with E-state index >= 15 is 0 Å². The summed E-state index contributed by atoms with van der Waals surface area (Å²) in [6, 6.07) is 11.4. The van der Waals surface area contributed by atoms with Crippen LogP contribution in [0.1, 0.15) is 30.1 Å². The van der Waals surface area contributed by atoms with E-state index in [1.807, 2.05) is 54.2 Å². The molecule has 1 aliphatic rings. The number of amides is 1. The molecule has 4 heteroatoms. The SMILES string of the molecule is CC(CO)(NC(=O)c1cccc(-n2cccc2)c1)C1CC1. The first-order valence-corrected chi connectivity index (χ1v) is 7.29. The van der Waals surface area contributed by atoms with Crippen LogP contribution in [0.5, 0.6) is 0 Å². The monoisotopic (exact) mass is 284 g/mol. The van der Waals surface area contributed by atoms with Gasteiger partial charge >= 0.3 is 0 Å². The molecule has 1 amide bonds. The van der Waals surface area contributed by atoms with Crippen molar-refractivity contribution in [3.8, 4) is 5.69 Å². The van der Waals surface area contributed by atoms with Gasteiger partial charge in [-0.1, -0.05) is 6.07 Å². The Hall–Kier alpha value is -2.07. The summed E-state index contributed by atoms with van der Waals surface area (Å²) in [4.78, 5) is 12.4. The molecule has 2 aromatic rings. The molecule has 1 aliphatic carbocycles. The molecule has 1 aromatic carbocycles. The number of carbonyl (C=O) groups is 1. The summed E-state index contributed by atoms with van der Waals surface area (Å²) in [6.07, 6.45) is 6.03. The van der Waals surface area contributed by atoms with Crippen LogP contribution < -0.4 is 5.32 Å². The van der Waals surface area contributed by atoms with E-state index in [0.717, 1.165) is 18.5 Å². The largest absolute Gasteiger partial charge is 0.394 e. The second-order valence-corrected chi connectivity index (χ2v) is 5.94. The van der Waals surface area contributed by atoms with Crippen molar-refractivity contribution in [1.82, 2.24) is 9.88 Å². The molecule has 3 rings (SSSR count). The summed E-state index contributed by atoms with van der Waals surface area (Å²) in [7, 11) is 0. The van der Waals surface area contributed by atoms with Crippen molar-refractivity contribution in [2.75, 3.05) is 6.61 Å². The maximum atomic E-state index is 12.4. The zero-order chi connectivity index (χ0) is 14.9. The molecule has 4 nitrogen and oxygen atoms in total. The molecular formula is C17H20N2O2. The number of carbonyl (C=O) groups excluding carboxylic acids is 1. The van der Waals surface area contributed by atoms with Crippen LogP contribution in [0.2, 0.25) is 0 Å². The Balaban J connectivity index is 1.80. The highest BCUT2D eigenvalue weighted by Crippen LogP contribution is 2.39. The standard InChI is InChI=1S/C17H20N2O2/c1-17(12-20,14-7-8-14)18-16(21)13-5-4-6-15(11-13)19-9-2-3-10-19/h2-6,9-11,14,20H,7-8,12H2,1H3,(H,18,21). The van der Waals surface area contributed by atoms with Gasteiger partial charge in [-0.05, 0) is 56.0 Å². The first kappa shape index (κ1) is 13.9. The van der Waals surface area contributed by atoms with Crippen LogP contribution in [0.3, 0.4) is 0 Å². The molecule has 1 atom stereocenters. The van der Waals surface area contributed by atoms with Gasteiger partial charge in [-0.2, -0.15) is 0 Å². The number of nitrogens with one attached hydrogen (secondary N) is 1. The van der Waals surface area contributed by atoms with Gasteiger partial charge in [-0.25, -0.2) is 0 Å². The summed E-state index contributed by atoms with van der Waals surface area (Å²) in [5.74, 6) is 0.256. The predicted molar refractivity (Wildman–Crippen MR) is 81.5 cm³/mol. The lowest BCUT2D eigenvalue weighted by Gasteiger charge is -2.28. The van der Waals surface area contributed by atoms with Crippen molar-refractivity contribution in [1.29, 1.82) is 0 Å². The minimum atomic E-state index is -0.513. The third-order valence-corrected chi connectivity index (χ3v) is 4.22. The Kier molecular flexibility index (Phi) is 3.55. The third kappa shape index (κ3) is 2.85. The number of benzene rings is 1. The molecule has 1 aromatic heterocycles. The highest BCUT2D eigenvalue weighted by atomic mass is 16.3. The highest BCUT2D eigenvalue weighted by Gasteiger charge is 2.42. The van der Waals surface area contributed by atoms with E-state index in [0.29, 0.717) is 11.5 Å². The third-order valence-electron chi connectivity index (χ3n) is 4.22. The Morgan fingerprint density at radius 3 is 2.67 bits per heavy atom. The van der Waals surface area contributed by atoms with Crippen LogP contribution >= 0.6 is 0 Å². The van der Waals surface area contributed by atoms with Crippen LogP contribution in [-0.4, -0.2) is 27.7 Å². The topological polar surface area (TPSA) is 54.3 Å². The molecule has 0 bridgehead atoms. The van der Waals surface area contributed by atoms with Crippen LogP contribution in [-0.2, 0) is 0 Å². The molecule has 2 N–H and O–H groups in total. The van der Waals surface area contributed by atoms with Crippen molar-refractivity contribution < 1.29 is 9.90 Å². The van der Waals surface area contributed by atoms with Gasteiger partial charge in [0, 0.05) is 23.6 Å². The fourth-order valence-electron chi connectivity index (χ4n) is 2.64. The molecule has 1 saturated carbocycles. The van der Waals surface area contributed by atoms with Gasteiger partial charge in [0.15, 0.2) is 0 Å². The zero-order valence-electron chi connectivity index (χ0n) is 12.1. The number of aromatic nitrogens is 1. The highest BCUT2D eigenvalue weighted by molar-refractivity contribution is 5.95. The van der Waals surface area contributed by atoms with E-state index in [4.69, 9.17) is 0 Å². The van der Waals surface area contributed by atoms with Gasteiger partial charge < -0.3 is 15.0 Å². The van der Waals surface area contributed by atoms with Gasteiger partial charge in [0.1, 0.15) is 0 Å². The minimum absolute atomic E-state index is 0.0271. The Labute approximate surface area is 124 Å². The quantitative estimate of drug-likeness (QED) is 0.885. The number of nitrogens with zero attached hydrogens (tertiary/aromatic N) is 1. The first-order chi connectivity index (χ1) is 10.1. The first-order valence-electron chi connectivity index (χ1n) is 7.29. The van der Waals surface area contributed by atoms with Crippen molar-refractivity contribution in [2.24, 2.45) is 5.92 Å². The van der Waals surface area contributed by atoms with E-state index < -0.39 is 5.54 Å². The molecule has 0 spiro atoms. The Morgan fingerprint density at radius 1 is 1.33 bits per heavy atom. The molecule has 1 unspecified atom stereocenters. The molecule has 0 aliphatic heterocycles. The summed E-state index contributed by atoms with van der Waals surface area (Å²) in [6.45, 7) is 1.89.